The molecule has 1 aliphatic rings. The Hall–Kier alpha value is -2.45. The molecule has 1 unspecified atom stereocenters. The number of ether oxygens (including phenoxy) is 2. The molecule has 1 aliphatic heterocycles. The van der Waals surface area contributed by atoms with E-state index in [-0.39, 0.29) is 12.5 Å². The number of amides is 1. The van der Waals surface area contributed by atoms with Crippen LogP contribution in [0.2, 0.25) is 5.02 Å². The maximum atomic E-state index is 8.58. The number of halogens is 2. The van der Waals surface area contributed by atoms with Crippen molar-refractivity contribution in [3.63, 3.8) is 0 Å². The molecule has 166 valence electrons. The number of benzene rings is 3. The lowest BCUT2D eigenvalue weighted by atomic mass is 10.0. The Morgan fingerprint density at radius 2 is 1.91 bits per heavy atom. The third-order valence-corrected chi connectivity index (χ3v) is 5.87. The van der Waals surface area contributed by atoms with Crippen LogP contribution in [0.4, 0.5) is 5.69 Å². The largest absolute Gasteiger partial charge is 0.487 e. The molecular weight excluding hydrogens is 512 g/mol. The van der Waals surface area contributed by atoms with Gasteiger partial charge in [-0.25, -0.2) is 0 Å². The van der Waals surface area contributed by atoms with Gasteiger partial charge in [0.2, 0.25) is 6.41 Å². The summed E-state index contributed by atoms with van der Waals surface area (Å²) in [5.41, 5.74) is 7.85. The van der Waals surface area contributed by atoms with Crippen molar-refractivity contribution in [1.29, 1.82) is 0 Å². The van der Waals surface area contributed by atoms with Gasteiger partial charge in [-0.1, -0.05) is 64.0 Å². The van der Waals surface area contributed by atoms with Gasteiger partial charge in [-0.2, -0.15) is 0 Å². The molecule has 32 heavy (non-hydrogen) atoms. The molecule has 4 rings (SSSR count). The zero-order chi connectivity index (χ0) is 22.9. The molecule has 0 bridgehead atoms. The van der Waals surface area contributed by atoms with Gasteiger partial charge in [0.25, 0.3) is 0 Å². The summed E-state index contributed by atoms with van der Waals surface area (Å²) in [6, 6.07) is 21.7. The van der Waals surface area contributed by atoms with Crippen molar-refractivity contribution in [2.75, 3.05) is 18.5 Å². The second-order valence-electron chi connectivity index (χ2n) is 6.89. The van der Waals surface area contributed by atoms with Crippen LogP contribution in [0.15, 0.2) is 71.2 Å². The second kappa shape index (κ2) is 12.0. The molecule has 3 aromatic carbocycles. The predicted molar refractivity (Wildman–Crippen MR) is 136 cm³/mol. The molecule has 1 heterocycles. The second-order valence-corrected chi connectivity index (χ2v) is 8.62. The van der Waals surface area contributed by atoms with Crippen molar-refractivity contribution in [3.05, 3.63) is 81.8 Å². The summed E-state index contributed by atoms with van der Waals surface area (Å²) < 4.78 is 12.7. The summed E-state index contributed by atoms with van der Waals surface area (Å²) in [6.07, 6.45) is 1.16. The summed E-state index contributed by atoms with van der Waals surface area (Å²) in [5, 5.41) is 4.01. The molecule has 3 N–H and O–H groups in total. The summed E-state index contributed by atoms with van der Waals surface area (Å²) in [6.45, 7) is 1.32. The molecular formula is C24H22BrClN2O3S. The van der Waals surface area contributed by atoms with Crippen LogP contribution in [0.5, 0.6) is 5.75 Å². The fourth-order valence-corrected chi connectivity index (χ4v) is 3.98. The lowest BCUT2D eigenvalue weighted by Crippen LogP contribution is -2.19. The minimum atomic E-state index is 0.0374. The van der Waals surface area contributed by atoms with E-state index in [4.69, 9.17) is 38.1 Å². The minimum absolute atomic E-state index is 0.0374. The van der Waals surface area contributed by atoms with Gasteiger partial charge in [-0.05, 0) is 48.0 Å². The molecule has 0 spiro atoms. The van der Waals surface area contributed by atoms with E-state index >= 15 is 0 Å². The molecule has 1 atom stereocenters. The highest BCUT2D eigenvalue weighted by atomic mass is 79.9. The molecule has 0 radical (unpaired) electrons. The van der Waals surface area contributed by atoms with Gasteiger partial charge in [0.05, 0.1) is 18.8 Å². The fraction of sp³-hybridized carbons (Fsp3) is 0.167. The fourth-order valence-electron chi connectivity index (χ4n) is 3.19. The SMILES string of the molecule is NC=O.S=C(Nc1ccc(Br)cc1)c1cc(-c2ccccc2Cl)ccc1OC1CCOC1. The number of rotatable bonds is 5. The molecule has 8 heteroatoms. The first-order valence-electron chi connectivity index (χ1n) is 9.87. The Morgan fingerprint density at radius 1 is 1.19 bits per heavy atom. The van der Waals surface area contributed by atoms with E-state index in [2.05, 4.69) is 27.0 Å². The minimum Gasteiger partial charge on any atom is -0.487 e. The van der Waals surface area contributed by atoms with Gasteiger partial charge in [0.15, 0.2) is 0 Å². The summed E-state index contributed by atoms with van der Waals surface area (Å²) in [5.74, 6) is 0.742. The van der Waals surface area contributed by atoms with Crippen LogP contribution in [0.25, 0.3) is 11.1 Å². The van der Waals surface area contributed by atoms with Gasteiger partial charge >= 0.3 is 0 Å². The van der Waals surface area contributed by atoms with E-state index in [1.807, 2.05) is 66.7 Å². The number of nitrogens with two attached hydrogens (primary N) is 1. The van der Waals surface area contributed by atoms with E-state index in [0.29, 0.717) is 16.6 Å². The van der Waals surface area contributed by atoms with Crippen molar-refractivity contribution in [2.24, 2.45) is 5.73 Å². The highest BCUT2D eigenvalue weighted by Crippen LogP contribution is 2.33. The van der Waals surface area contributed by atoms with Crippen LogP contribution in [0.3, 0.4) is 0 Å². The third kappa shape index (κ3) is 6.53. The van der Waals surface area contributed by atoms with Crippen LogP contribution in [-0.4, -0.2) is 30.7 Å². The van der Waals surface area contributed by atoms with Crippen molar-refractivity contribution in [2.45, 2.75) is 12.5 Å². The average molecular weight is 534 g/mol. The third-order valence-electron chi connectivity index (χ3n) is 4.69. The Labute approximate surface area is 206 Å². The first-order chi connectivity index (χ1) is 15.5. The number of hydrogen-bond acceptors (Lipinski definition) is 4. The maximum Gasteiger partial charge on any atom is 0.204 e. The Kier molecular flexibility index (Phi) is 9.05. The number of carbonyl (C=O) groups excluding carboxylic acids is 1. The molecule has 3 aromatic rings. The van der Waals surface area contributed by atoms with Crippen molar-refractivity contribution < 1.29 is 14.3 Å². The van der Waals surface area contributed by atoms with Crippen molar-refractivity contribution in [3.8, 4) is 16.9 Å². The van der Waals surface area contributed by atoms with Crippen molar-refractivity contribution >= 4 is 56.8 Å². The molecule has 5 nitrogen and oxygen atoms in total. The lowest BCUT2D eigenvalue weighted by molar-refractivity contribution is -0.106. The first kappa shape index (κ1) is 24.2. The van der Waals surface area contributed by atoms with Crippen molar-refractivity contribution in [1.82, 2.24) is 0 Å². The highest BCUT2D eigenvalue weighted by molar-refractivity contribution is 9.10. The van der Waals surface area contributed by atoms with E-state index in [9.17, 15) is 0 Å². The quantitative estimate of drug-likeness (QED) is 0.319. The Morgan fingerprint density at radius 3 is 2.56 bits per heavy atom. The zero-order valence-electron chi connectivity index (χ0n) is 17.1. The monoisotopic (exact) mass is 532 g/mol. The van der Waals surface area contributed by atoms with E-state index < -0.39 is 0 Å². The number of primary amides is 1. The summed E-state index contributed by atoms with van der Waals surface area (Å²) in [4.78, 5) is 9.18. The molecule has 0 aromatic heterocycles. The number of nitrogens with one attached hydrogen (secondary N) is 1. The molecule has 0 saturated carbocycles. The molecule has 0 aliphatic carbocycles. The molecule has 1 amide bonds. The van der Waals surface area contributed by atoms with Gasteiger partial charge in [0.1, 0.15) is 16.8 Å². The number of carbonyl (C=O) groups is 1. The summed E-state index contributed by atoms with van der Waals surface area (Å²) in [7, 11) is 0. The smallest absolute Gasteiger partial charge is 0.204 e. The van der Waals surface area contributed by atoms with Gasteiger partial charge in [0, 0.05) is 27.2 Å². The van der Waals surface area contributed by atoms with E-state index in [1.165, 1.54) is 0 Å². The Bertz CT molecular complexity index is 1070. The average Bonchev–Trinajstić information content (AvgIpc) is 3.30. The lowest BCUT2D eigenvalue weighted by Gasteiger charge is -2.18. The Balaban J connectivity index is 0.000000913. The van der Waals surface area contributed by atoms with Gasteiger partial charge in [-0.15, -0.1) is 0 Å². The van der Waals surface area contributed by atoms with E-state index in [1.54, 1.807) is 0 Å². The number of hydrogen-bond donors (Lipinski definition) is 2. The predicted octanol–water partition coefficient (Wildman–Crippen LogP) is 5.83. The van der Waals surface area contributed by atoms with Crippen LogP contribution < -0.4 is 15.8 Å². The standard InChI is InChI=1S/C23H19BrClNO2S.CH3NO/c24-16-6-8-17(9-7-16)26-23(29)20-13-15(19-3-1-2-4-21(19)25)5-10-22(20)28-18-11-12-27-14-18;2-1-3/h1-10,13,18H,11-12,14H2,(H,26,29);1H,(H2,2,3). The molecule has 1 saturated heterocycles. The number of thiocarbonyl (C=S) groups is 1. The zero-order valence-corrected chi connectivity index (χ0v) is 20.3. The number of anilines is 1. The molecule has 1 fully saturated rings. The normalized spacial score (nSPS) is 14.8. The first-order valence-corrected chi connectivity index (χ1v) is 11.5. The maximum absolute atomic E-state index is 8.58. The highest BCUT2D eigenvalue weighted by Gasteiger charge is 2.20. The van der Waals surface area contributed by atoms with Crippen LogP contribution >= 0.6 is 39.7 Å². The van der Waals surface area contributed by atoms with Crippen LogP contribution in [0, 0.1) is 0 Å². The summed E-state index contributed by atoms with van der Waals surface area (Å²) >= 11 is 15.6. The topological polar surface area (TPSA) is 73.6 Å². The van der Waals surface area contributed by atoms with E-state index in [0.717, 1.165) is 45.6 Å². The van der Waals surface area contributed by atoms with Gasteiger partial charge < -0.3 is 20.5 Å². The van der Waals surface area contributed by atoms with Gasteiger partial charge in [-0.3, -0.25) is 4.79 Å². The van der Waals surface area contributed by atoms with Crippen LogP contribution in [-0.2, 0) is 9.53 Å². The van der Waals surface area contributed by atoms with Crippen LogP contribution in [0.1, 0.15) is 12.0 Å².